The molecule has 9 heteroatoms. The first kappa shape index (κ1) is 33.3. The van der Waals surface area contributed by atoms with Gasteiger partial charge >= 0.3 is 0 Å². The summed E-state index contributed by atoms with van der Waals surface area (Å²) in [5.41, 5.74) is 4.61. The minimum absolute atomic E-state index is 0.294. The molecule has 1 unspecified atom stereocenters. The Morgan fingerprint density at radius 3 is 2.50 bits per heavy atom. The van der Waals surface area contributed by atoms with E-state index in [1.165, 1.54) is 23.4 Å². The number of halogens is 4. The van der Waals surface area contributed by atoms with Crippen LogP contribution in [0.25, 0.3) is 0 Å². The average Bonchev–Trinajstić information content (AvgIpc) is 3.28. The molecule has 1 saturated heterocycles. The molecular weight excluding hydrogens is 529 g/mol. The maximum absolute atomic E-state index is 12.1. The van der Waals surface area contributed by atoms with Gasteiger partial charge in [0.05, 0.1) is 12.3 Å². The first-order valence-electron chi connectivity index (χ1n) is 12.3. The van der Waals surface area contributed by atoms with Gasteiger partial charge in [-0.2, -0.15) is 0 Å². The van der Waals surface area contributed by atoms with Gasteiger partial charge in [0.15, 0.2) is 0 Å². The van der Waals surface area contributed by atoms with Gasteiger partial charge in [-0.15, -0.1) is 0 Å². The smallest absolute Gasteiger partial charge is 0.235 e. The molecule has 0 radical (unpaired) electrons. The molecule has 0 saturated carbocycles. The Hall–Kier alpha value is -2.71. The SMILES string of the molecule is C=C(CC)NC1CC2=C(C(/C=C\C)=NC)CN=C(C(=C)S/C=C\C)N2C1.CC(F)F.Fc1cccc(Cl)c1. The van der Waals surface area contributed by atoms with Gasteiger partial charge in [-0.25, -0.2) is 13.2 Å². The van der Waals surface area contributed by atoms with E-state index in [4.69, 9.17) is 16.6 Å². The van der Waals surface area contributed by atoms with Crippen LogP contribution in [0.2, 0.25) is 5.02 Å². The van der Waals surface area contributed by atoms with Gasteiger partial charge in [0, 0.05) is 53.0 Å². The van der Waals surface area contributed by atoms with Crippen LogP contribution in [-0.4, -0.2) is 49.1 Å². The van der Waals surface area contributed by atoms with Gasteiger partial charge in [-0.1, -0.05) is 61.7 Å². The topological polar surface area (TPSA) is 40.0 Å². The highest BCUT2D eigenvalue weighted by Gasteiger charge is 2.35. The van der Waals surface area contributed by atoms with Crippen molar-refractivity contribution in [3.8, 4) is 0 Å². The molecule has 1 fully saturated rings. The van der Waals surface area contributed by atoms with Crippen LogP contribution in [0.3, 0.4) is 0 Å². The van der Waals surface area contributed by atoms with E-state index in [1.807, 2.05) is 38.5 Å². The number of nitrogens with one attached hydrogen (secondary N) is 1. The predicted octanol–water partition coefficient (Wildman–Crippen LogP) is 8.42. The summed E-state index contributed by atoms with van der Waals surface area (Å²) in [6.45, 7) is 16.9. The van der Waals surface area contributed by atoms with E-state index in [2.05, 4.69) is 41.4 Å². The highest BCUT2D eigenvalue weighted by Crippen LogP contribution is 2.34. The van der Waals surface area contributed by atoms with Gasteiger partial charge in [-0.3, -0.25) is 9.98 Å². The van der Waals surface area contributed by atoms with Crippen molar-refractivity contribution in [3.05, 3.63) is 93.8 Å². The van der Waals surface area contributed by atoms with E-state index in [-0.39, 0.29) is 5.82 Å². The third-order valence-electron chi connectivity index (χ3n) is 5.25. The van der Waals surface area contributed by atoms with Crippen molar-refractivity contribution < 1.29 is 13.2 Å². The number of hydrogen-bond acceptors (Lipinski definition) is 5. The lowest BCUT2D eigenvalue weighted by Crippen LogP contribution is -2.36. The molecule has 1 N–H and O–H groups in total. The van der Waals surface area contributed by atoms with E-state index in [9.17, 15) is 13.2 Å². The molecule has 0 aromatic heterocycles. The van der Waals surface area contributed by atoms with Gasteiger partial charge < -0.3 is 10.2 Å². The van der Waals surface area contributed by atoms with Gasteiger partial charge in [0.2, 0.25) is 6.43 Å². The van der Waals surface area contributed by atoms with E-state index in [0.717, 1.165) is 48.5 Å². The van der Waals surface area contributed by atoms with Crippen LogP contribution >= 0.6 is 23.4 Å². The number of nitrogens with zero attached hydrogens (tertiary/aromatic N) is 3. The number of benzene rings is 1. The van der Waals surface area contributed by atoms with Crippen molar-refractivity contribution in [1.82, 2.24) is 10.2 Å². The second-order valence-electron chi connectivity index (χ2n) is 8.26. The molecule has 4 nitrogen and oxygen atoms in total. The molecular formula is C29H38ClF3N4S. The number of amidine groups is 1. The summed E-state index contributed by atoms with van der Waals surface area (Å²) in [6.07, 6.45) is 5.84. The van der Waals surface area contributed by atoms with Crippen molar-refractivity contribution in [2.75, 3.05) is 20.1 Å². The normalized spacial score (nSPS) is 17.1. The van der Waals surface area contributed by atoms with Crippen LogP contribution in [-0.2, 0) is 0 Å². The number of rotatable bonds is 8. The fraction of sp³-hybridized carbons (Fsp3) is 0.379. The molecule has 2 heterocycles. The highest BCUT2D eigenvalue weighted by molar-refractivity contribution is 8.06. The zero-order valence-corrected chi connectivity index (χ0v) is 24.4. The fourth-order valence-corrected chi connectivity index (χ4v) is 4.41. The largest absolute Gasteiger partial charge is 0.384 e. The Bertz CT molecular complexity index is 1070. The number of thioether (sulfide) groups is 1. The van der Waals surface area contributed by atoms with Crippen LogP contribution < -0.4 is 5.32 Å². The number of fused-ring (bicyclic) bond motifs is 1. The Kier molecular flexibility index (Phi) is 15.5. The summed E-state index contributed by atoms with van der Waals surface area (Å²) in [4.78, 5) is 12.6. The lowest BCUT2D eigenvalue weighted by molar-refractivity contribution is 0.171. The average molecular weight is 567 g/mol. The van der Waals surface area contributed by atoms with Crippen LogP contribution in [0.5, 0.6) is 0 Å². The minimum Gasteiger partial charge on any atom is -0.384 e. The van der Waals surface area contributed by atoms with Gasteiger partial charge in [-0.05, 0) is 56.9 Å². The number of allylic oxidation sites excluding steroid dienone is 4. The molecule has 2 aliphatic heterocycles. The third-order valence-corrected chi connectivity index (χ3v) is 6.36. The van der Waals surface area contributed by atoms with Crippen LogP contribution in [0, 0.1) is 5.82 Å². The summed E-state index contributed by atoms with van der Waals surface area (Å²) in [5, 5.41) is 6.05. The monoisotopic (exact) mass is 566 g/mol. The lowest BCUT2D eigenvalue weighted by atomic mass is 10.0. The maximum atomic E-state index is 12.1. The molecule has 1 atom stereocenters. The van der Waals surface area contributed by atoms with Crippen LogP contribution in [0.1, 0.15) is 40.5 Å². The van der Waals surface area contributed by atoms with E-state index >= 15 is 0 Å². The van der Waals surface area contributed by atoms with Crippen molar-refractivity contribution in [2.24, 2.45) is 9.98 Å². The lowest BCUT2D eigenvalue weighted by Gasteiger charge is -2.29. The first-order chi connectivity index (χ1) is 18.1. The van der Waals surface area contributed by atoms with Crippen molar-refractivity contribution in [2.45, 2.75) is 53.0 Å². The molecule has 0 aliphatic carbocycles. The summed E-state index contributed by atoms with van der Waals surface area (Å²) in [5.74, 6) is 0.687. The zero-order chi connectivity index (χ0) is 28.7. The summed E-state index contributed by atoms with van der Waals surface area (Å²) >= 11 is 7.03. The Labute approximate surface area is 234 Å². The second kappa shape index (κ2) is 17.7. The molecule has 0 bridgehead atoms. The van der Waals surface area contributed by atoms with Gasteiger partial charge in [0.1, 0.15) is 11.7 Å². The molecule has 0 spiro atoms. The zero-order valence-electron chi connectivity index (χ0n) is 22.8. The Balaban J connectivity index is 0.000000495. The second-order valence-corrected chi connectivity index (χ2v) is 9.69. The third kappa shape index (κ3) is 11.4. The Morgan fingerprint density at radius 1 is 1.32 bits per heavy atom. The highest BCUT2D eigenvalue weighted by atomic mass is 35.5. The molecule has 1 aromatic rings. The molecule has 38 heavy (non-hydrogen) atoms. The van der Waals surface area contributed by atoms with Crippen LogP contribution in [0.4, 0.5) is 13.2 Å². The molecule has 0 amide bonds. The molecule has 3 rings (SSSR count). The van der Waals surface area contributed by atoms with Crippen molar-refractivity contribution >= 4 is 34.9 Å². The van der Waals surface area contributed by atoms with Crippen molar-refractivity contribution in [3.63, 3.8) is 0 Å². The predicted molar refractivity (Wildman–Crippen MR) is 160 cm³/mol. The maximum Gasteiger partial charge on any atom is 0.235 e. The first-order valence-corrected chi connectivity index (χ1v) is 13.6. The van der Waals surface area contributed by atoms with E-state index in [1.54, 1.807) is 23.9 Å². The molecule has 1 aromatic carbocycles. The van der Waals surface area contributed by atoms with Crippen LogP contribution in [0.15, 0.2) is 92.9 Å². The number of alkyl halides is 2. The van der Waals surface area contributed by atoms with Crippen molar-refractivity contribution in [1.29, 1.82) is 0 Å². The van der Waals surface area contributed by atoms with E-state index < -0.39 is 6.43 Å². The summed E-state index contributed by atoms with van der Waals surface area (Å²) in [7, 11) is 1.84. The quantitative estimate of drug-likeness (QED) is 0.321. The fourth-order valence-electron chi connectivity index (χ4n) is 3.66. The molecule has 2 aliphatic rings. The number of aliphatic imine (C=N–C) groups is 2. The molecule has 208 valence electrons. The summed E-state index contributed by atoms with van der Waals surface area (Å²) in [6, 6.07) is 6.15. The van der Waals surface area contributed by atoms with E-state index in [0.29, 0.717) is 17.6 Å². The summed E-state index contributed by atoms with van der Waals surface area (Å²) < 4.78 is 32.7. The van der Waals surface area contributed by atoms with Gasteiger partial charge in [0.25, 0.3) is 0 Å². The standard InChI is InChI=1S/C21H30N4S.C6H4ClF.C2H4F2/c1-7-10-19(22-6)18-13-23-21(16(5)26-11-8-2)25-14-17(12-20(18)25)24-15(4)9-3;7-5-2-1-3-6(8)4-5;1-2(3)4/h7-8,10-11,17,24H,4-5,9,12-14H2,1-3,6H3;1-4H;2H,1H3/b10-7-,11-8-,22-19?;;. The number of hydrogen-bond donors (Lipinski definition) is 1. The Morgan fingerprint density at radius 2 is 2.00 bits per heavy atom. The minimum atomic E-state index is -2.17.